The molecule has 0 amide bonds. The minimum Gasteiger partial charge on any atom is -0.316 e. The van der Waals surface area contributed by atoms with Crippen molar-refractivity contribution in [2.75, 3.05) is 31.6 Å². The molecule has 106 valence electrons. The zero-order chi connectivity index (χ0) is 13.9. The third kappa shape index (κ3) is 3.44. The number of hydrogen-bond donors (Lipinski definition) is 1. The Bertz CT molecular complexity index is 543. The van der Waals surface area contributed by atoms with Gasteiger partial charge in [0.1, 0.15) is 0 Å². The van der Waals surface area contributed by atoms with E-state index in [1.807, 2.05) is 0 Å². The van der Waals surface area contributed by atoms with Crippen molar-refractivity contribution in [1.82, 2.24) is 9.62 Å². The molecule has 4 nitrogen and oxygen atoms in total. The van der Waals surface area contributed by atoms with E-state index in [0.29, 0.717) is 29.6 Å². The summed E-state index contributed by atoms with van der Waals surface area (Å²) >= 11 is 7.85. The quantitative estimate of drug-likeness (QED) is 0.919. The Kier molecular flexibility index (Phi) is 5.14. The summed E-state index contributed by atoms with van der Waals surface area (Å²) in [6, 6.07) is 4.90. The molecule has 0 saturated carbocycles. The molecule has 0 atom stereocenters. The summed E-state index contributed by atoms with van der Waals surface area (Å²) in [7, 11) is -1.58. The van der Waals surface area contributed by atoms with Crippen molar-refractivity contribution in [3.8, 4) is 0 Å². The second-order valence-electron chi connectivity index (χ2n) is 4.30. The molecule has 1 aromatic rings. The second kappa shape index (κ2) is 6.45. The van der Waals surface area contributed by atoms with Gasteiger partial charge in [0, 0.05) is 36.2 Å². The van der Waals surface area contributed by atoms with E-state index >= 15 is 0 Å². The summed E-state index contributed by atoms with van der Waals surface area (Å²) in [4.78, 5) is 0.328. The highest BCUT2D eigenvalue weighted by atomic mass is 35.5. The first kappa shape index (κ1) is 15.1. The second-order valence-corrected chi connectivity index (χ2v) is 7.87. The van der Waals surface area contributed by atoms with Gasteiger partial charge in [0.2, 0.25) is 10.0 Å². The molecule has 7 heteroatoms. The van der Waals surface area contributed by atoms with Crippen molar-refractivity contribution in [3.05, 3.63) is 28.8 Å². The maximum atomic E-state index is 12.5. The molecular weight excluding hydrogens is 304 g/mol. The van der Waals surface area contributed by atoms with E-state index in [2.05, 4.69) is 5.32 Å². The molecule has 0 spiro atoms. The average molecular weight is 321 g/mol. The van der Waals surface area contributed by atoms with Crippen molar-refractivity contribution in [3.63, 3.8) is 0 Å². The molecule has 0 aliphatic carbocycles. The van der Waals surface area contributed by atoms with Gasteiger partial charge in [0.25, 0.3) is 0 Å². The number of halogens is 1. The summed E-state index contributed by atoms with van der Waals surface area (Å²) in [5.41, 5.74) is 0.802. The Morgan fingerprint density at radius 3 is 2.68 bits per heavy atom. The van der Waals surface area contributed by atoms with Crippen LogP contribution in [0.25, 0.3) is 0 Å². The molecule has 1 N–H and O–H groups in total. The molecule has 1 fully saturated rings. The van der Waals surface area contributed by atoms with Crippen molar-refractivity contribution < 1.29 is 8.42 Å². The van der Waals surface area contributed by atoms with Crippen LogP contribution in [0.15, 0.2) is 23.1 Å². The van der Waals surface area contributed by atoms with Gasteiger partial charge < -0.3 is 5.32 Å². The highest BCUT2D eigenvalue weighted by Crippen LogP contribution is 2.24. The first-order chi connectivity index (χ1) is 9.05. The van der Waals surface area contributed by atoms with Crippen LogP contribution >= 0.6 is 23.4 Å². The van der Waals surface area contributed by atoms with Crippen molar-refractivity contribution >= 4 is 33.4 Å². The molecule has 0 bridgehead atoms. The normalized spacial score (nSPS) is 17.6. The topological polar surface area (TPSA) is 49.4 Å². The molecule has 0 aromatic heterocycles. The van der Waals surface area contributed by atoms with Crippen molar-refractivity contribution in [1.29, 1.82) is 0 Å². The number of rotatable bonds is 4. The Labute approximate surface area is 123 Å². The van der Waals surface area contributed by atoms with E-state index in [0.717, 1.165) is 17.1 Å². The fourth-order valence-corrected chi connectivity index (χ4v) is 4.78. The van der Waals surface area contributed by atoms with Crippen LogP contribution in [0.4, 0.5) is 0 Å². The number of nitrogens with one attached hydrogen (secondary N) is 1. The summed E-state index contributed by atoms with van der Waals surface area (Å²) < 4.78 is 26.6. The van der Waals surface area contributed by atoms with Gasteiger partial charge in [-0.25, -0.2) is 8.42 Å². The smallest absolute Gasteiger partial charge is 0.243 e. The average Bonchev–Trinajstić information content (AvgIpc) is 2.42. The van der Waals surface area contributed by atoms with E-state index in [-0.39, 0.29) is 0 Å². The zero-order valence-electron chi connectivity index (χ0n) is 10.7. The number of nitrogens with zero attached hydrogens (tertiary/aromatic N) is 1. The number of benzene rings is 1. The van der Waals surface area contributed by atoms with Crippen LogP contribution in [-0.4, -0.2) is 44.4 Å². The van der Waals surface area contributed by atoms with Crippen molar-refractivity contribution in [2.45, 2.75) is 11.4 Å². The SMILES string of the molecule is CNCc1cc(S(=O)(=O)N2CCSCC2)ccc1Cl. The molecular formula is C12H17ClN2O2S2. The number of sulfonamides is 1. The standard InChI is InChI=1S/C12H17ClN2O2S2/c1-14-9-10-8-11(2-3-12(10)13)19(16,17)15-4-6-18-7-5-15/h2-3,8,14H,4-7,9H2,1H3. The van der Waals surface area contributed by atoms with Crippen LogP contribution in [0.3, 0.4) is 0 Å². The van der Waals surface area contributed by atoms with Gasteiger partial charge in [-0.15, -0.1) is 0 Å². The van der Waals surface area contributed by atoms with Gasteiger partial charge >= 0.3 is 0 Å². The van der Waals surface area contributed by atoms with Crippen LogP contribution in [-0.2, 0) is 16.6 Å². The fourth-order valence-electron chi connectivity index (χ4n) is 1.97. The fraction of sp³-hybridized carbons (Fsp3) is 0.500. The van der Waals surface area contributed by atoms with Gasteiger partial charge in [-0.3, -0.25) is 0 Å². The molecule has 1 saturated heterocycles. The van der Waals surface area contributed by atoms with Crippen LogP contribution in [0.1, 0.15) is 5.56 Å². The third-order valence-electron chi connectivity index (χ3n) is 2.99. The maximum absolute atomic E-state index is 12.5. The first-order valence-corrected chi connectivity index (χ1v) is 9.04. The van der Waals surface area contributed by atoms with E-state index in [9.17, 15) is 8.42 Å². The Hall–Kier alpha value is -0.270. The van der Waals surface area contributed by atoms with Crippen LogP contribution < -0.4 is 5.32 Å². The maximum Gasteiger partial charge on any atom is 0.243 e. The number of hydrogen-bond acceptors (Lipinski definition) is 4. The lowest BCUT2D eigenvalue weighted by atomic mass is 10.2. The monoisotopic (exact) mass is 320 g/mol. The van der Waals surface area contributed by atoms with Gasteiger partial charge in [-0.1, -0.05) is 11.6 Å². The summed E-state index contributed by atoms with van der Waals surface area (Å²) in [5.74, 6) is 1.71. The summed E-state index contributed by atoms with van der Waals surface area (Å²) in [6.45, 7) is 1.71. The Morgan fingerprint density at radius 2 is 2.05 bits per heavy atom. The Balaban J connectivity index is 2.31. The predicted octanol–water partition coefficient (Wildman–Crippen LogP) is 1.80. The number of thioether (sulfide) groups is 1. The van der Waals surface area contributed by atoms with Crippen LogP contribution in [0, 0.1) is 0 Å². The summed E-state index contributed by atoms with van der Waals surface area (Å²) in [6.07, 6.45) is 0. The van der Waals surface area contributed by atoms with Crippen molar-refractivity contribution in [2.24, 2.45) is 0 Å². The van der Waals surface area contributed by atoms with E-state index in [1.165, 1.54) is 0 Å². The zero-order valence-corrected chi connectivity index (χ0v) is 13.1. The lowest BCUT2D eigenvalue weighted by molar-refractivity contribution is 0.443. The lowest BCUT2D eigenvalue weighted by Gasteiger charge is -2.25. The third-order valence-corrected chi connectivity index (χ3v) is 6.20. The molecule has 0 radical (unpaired) electrons. The first-order valence-electron chi connectivity index (χ1n) is 6.06. The molecule has 1 aliphatic heterocycles. The minimum absolute atomic E-state index is 0.328. The predicted molar refractivity (Wildman–Crippen MR) is 80.3 cm³/mol. The van der Waals surface area contributed by atoms with E-state index in [1.54, 1.807) is 41.3 Å². The van der Waals surface area contributed by atoms with Gasteiger partial charge in [-0.05, 0) is 30.8 Å². The van der Waals surface area contributed by atoms with Gasteiger partial charge in [0.15, 0.2) is 0 Å². The molecule has 1 heterocycles. The highest BCUT2D eigenvalue weighted by Gasteiger charge is 2.26. The molecule has 1 aromatic carbocycles. The van der Waals surface area contributed by atoms with Crippen LogP contribution in [0.2, 0.25) is 5.02 Å². The Morgan fingerprint density at radius 1 is 1.37 bits per heavy atom. The lowest BCUT2D eigenvalue weighted by Crippen LogP contribution is -2.37. The van der Waals surface area contributed by atoms with Gasteiger partial charge in [0.05, 0.1) is 4.90 Å². The van der Waals surface area contributed by atoms with Crippen LogP contribution in [0.5, 0.6) is 0 Å². The highest BCUT2D eigenvalue weighted by molar-refractivity contribution is 7.99. The van der Waals surface area contributed by atoms with Gasteiger partial charge in [-0.2, -0.15) is 16.1 Å². The van der Waals surface area contributed by atoms with E-state index in [4.69, 9.17) is 11.6 Å². The largest absolute Gasteiger partial charge is 0.316 e. The molecule has 0 unspecified atom stereocenters. The molecule has 19 heavy (non-hydrogen) atoms. The minimum atomic E-state index is -3.39. The summed E-state index contributed by atoms with van der Waals surface area (Å²) in [5, 5.41) is 3.57. The van der Waals surface area contributed by atoms with E-state index < -0.39 is 10.0 Å². The molecule has 2 rings (SSSR count). The molecule has 1 aliphatic rings.